The Morgan fingerprint density at radius 2 is 1.89 bits per heavy atom. The molecule has 27 heavy (non-hydrogen) atoms. The lowest BCUT2D eigenvalue weighted by molar-refractivity contribution is -0.137. The Balaban J connectivity index is 2.11. The third kappa shape index (κ3) is 6.35. The molecule has 0 unspecified atom stereocenters. The van der Waals surface area contributed by atoms with E-state index >= 15 is 0 Å². The second-order valence-corrected chi connectivity index (χ2v) is 7.44. The maximum atomic E-state index is 13.2. The molecule has 0 spiro atoms. The summed E-state index contributed by atoms with van der Waals surface area (Å²) in [6.07, 6.45) is -4.61. The van der Waals surface area contributed by atoms with E-state index in [1.807, 2.05) is 13.8 Å². The minimum Gasteiger partial charge on any atom is -0.491 e. The lowest BCUT2D eigenvalue weighted by Gasteiger charge is -2.16. The van der Waals surface area contributed by atoms with E-state index in [4.69, 9.17) is 17.0 Å². The number of hydrogen-bond acceptors (Lipinski definition) is 3. The van der Waals surface area contributed by atoms with Gasteiger partial charge < -0.3 is 10.1 Å². The number of thiocarbonyl (C=S) groups is 1. The SMILES string of the molecule is CC(C)Oc1cccc(C(=O)NC(=S)Nc2ccc(I)cc2C(F)(F)F)c1. The lowest BCUT2D eigenvalue weighted by Crippen LogP contribution is -2.34. The minimum atomic E-state index is -4.55. The summed E-state index contributed by atoms with van der Waals surface area (Å²) in [5, 5.41) is 4.58. The van der Waals surface area contributed by atoms with Gasteiger partial charge in [0.1, 0.15) is 5.75 Å². The molecule has 0 aliphatic rings. The molecule has 2 aromatic rings. The predicted octanol–water partition coefficient (Wildman–Crippen LogP) is 5.22. The number of anilines is 1. The molecule has 0 bridgehead atoms. The fourth-order valence-corrected chi connectivity index (χ4v) is 2.87. The van der Waals surface area contributed by atoms with Crippen molar-refractivity contribution in [3.05, 3.63) is 57.2 Å². The topological polar surface area (TPSA) is 50.4 Å². The Bertz CT molecular complexity index is 857. The first-order valence-corrected chi connectivity index (χ1v) is 9.31. The number of nitrogens with one attached hydrogen (secondary N) is 2. The van der Waals surface area contributed by atoms with Gasteiger partial charge in [0.2, 0.25) is 0 Å². The van der Waals surface area contributed by atoms with Gasteiger partial charge in [0, 0.05) is 9.13 Å². The lowest BCUT2D eigenvalue weighted by atomic mass is 10.1. The normalized spacial score (nSPS) is 11.2. The highest BCUT2D eigenvalue weighted by Gasteiger charge is 2.34. The van der Waals surface area contributed by atoms with Crippen LogP contribution in [0.3, 0.4) is 0 Å². The van der Waals surface area contributed by atoms with Gasteiger partial charge in [-0.2, -0.15) is 13.2 Å². The number of alkyl halides is 3. The van der Waals surface area contributed by atoms with Crippen LogP contribution >= 0.6 is 34.8 Å². The number of rotatable bonds is 4. The Hall–Kier alpha value is -1.88. The van der Waals surface area contributed by atoms with E-state index in [2.05, 4.69) is 10.6 Å². The van der Waals surface area contributed by atoms with Crippen LogP contribution in [0.25, 0.3) is 0 Å². The van der Waals surface area contributed by atoms with Crippen LogP contribution in [-0.4, -0.2) is 17.1 Å². The number of carbonyl (C=O) groups is 1. The molecule has 144 valence electrons. The molecule has 0 saturated carbocycles. The highest BCUT2D eigenvalue weighted by atomic mass is 127. The van der Waals surface area contributed by atoms with Gasteiger partial charge in [0.05, 0.1) is 17.4 Å². The highest BCUT2D eigenvalue weighted by molar-refractivity contribution is 14.1. The molecule has 0 atom stereocenters. The van der Waals surface area contributed by atoms with E-state index in [9.17, 15) is 18.0 Å². The summed E-state index contributed by atoms with van der Waals surface area (Å²) in [5.74, 6) is -0.0469. The summed E-state index contributed by atoms with van der Waals surface area (Å²) in [5.41, 5.74) is -0.820. The van der Waals surface area contributed by atoms with Crippen molar-refractivity contribution in [2.75, 3.05) is 5.32 Å². The summed E-state index contributed by atoms with van der Waals surface area (Å²) < 4.78 is 45.4. The molecule has 0 saturated heterocycles. The van der Waals surface area contributed by atoms with E-state index < -0.39 is 17.6 Å². The third-order valence-corrected chi connectivity index (χ3v) is 4.11. The van der Waals surface area contributed by atoms with Crippen LogP contribution in [0.15, 0.2) is 42.5 Å². The van der Waals surface area contributed by atoms with Crippen LogP contribution in [0.4, 0.5) is 18.9 Å². The van der Waals surface area contributed by atoms with E-state index in [-0.39, 0.29) is 22.5 Å². The Labute approximate surface area is 173 Å². The fourth-order valence-electron chi connectivity index (χ4n) is 2.17. The van der Waals surface area contributed by atoms with Gasteiger partial charge in [-0.05, 0) is 85.1 Å². The van der Waals surface area contributed by atoms with Crippen LogP contribution in [0.1, 0.15) is 29.8 Å². The van der Waals surface area contributed by atoms with E-state index in [0.717, 1.165) is 6.07 Å². The number of benzene rings is 2. The van der Waals surface area contributed by atoms with Gasteiger partial charge in [-0.15, -0.1) is 0 Å². The smallest absolute Gasteiger partial charge is 0.418 e. The Kier molecular flexibility index (Phi) is 7.04. The molecule has 0 fully saturated rings. The van der Waals surface area contributed by atoms with Crippen molar-refractivity contribution in [1.82, 2.24) is 5.32 Å². The van der Waals surface area contributed by atoms with Crippen LogP contribution < -0.4 is 15.4 Å². The summed E-state index contributed by atoms with van der Waals surface area (Å²) >= 11 is 6.78. The molecule has 2 rings (SSSR count). The monoisotopic (exact) mass is 508 g/mol. The van der Waals surface area contributed by atoms with Crippen molar-refractivity contribution >= 4 is 51.5 Å². The van der Waals surface area contributed by atoms with Gasteiger partial charge in [-0.3, -0.25) is 10.1 Å². The maximum Gasteiger partial charge on any atom is 0.418 e. The van der Waals surface area contributed by atoms with Crippen LogP contribution in [-0.2, 0) is 6.18 Å². The zero-order chi connectivity index (χ0) is 20.2. The molecule has 0 heterocycles. The van der Waals surface area contributed by atoms with Crippen LogP contribution in [0.5, 0.6) is 5.75 Å². The number of ether oxygens (including phenoxy) is 1. The predicted molar refractivity (Wildman–Crippen MR) is 110 cm³/mol. The molecular formula is C18H16F3IN2O2S. The average molecular weight is 508 g/mol. The average Bonchev–Trinajstić information content (AvgIpc) is 2.55. The number of hydrogen-bond donors (Lipinski definition) is 2. The zero-order valence-corrected chi connectivity index (χ0v) is 17.3. The molecule has 0 radical (unpaired) electrons. The standard InChI is InChI=1S/C18H16F3IN2O2S/c1-10(2)26-13-5-3-4-11(8-13)16(25)24-17(27)23-15-7-6-12(22)9-14(15)18(19,20)21/h3-10H,1-2H3,(H2,23,24,25,27). The van der Waals surface area contributed by atoms with Crippen molar-refractivity contribution in [2.24, 2.45) is 0 Å². The number of carbonyl (C=O) groups excluding carboxylic acids is 1. The van der Waals surface area contributed by atoms with Gasteiger partial charge >= 0.3 is 6.18 Å². The van der Waals surface area contributed by atoms with Crippen LogP contribution in [0.2, 0.25) is 0 Å². The van der Waals surface area contributed by atoms with E-state index in [1.54, 1.807) is 40.8 Å². The van der Waals surface area contributed by atoms with Gasteiger partial charge in [-0.1, -0.05) is 6.07 Å². The molecule has 4 nitrogen and oxygen atoms in total. The molecule has 9 heteroatoms. The molecule has 1 amide bonds. The highest BCUT2D eigenvalue weighted by Crippen LogP contribution is 2.35. The second-order valence-electron chi connectivity index (χ2n) is 5.79. The van der Waals surface area contributed by atoms with Gasteiger partial charge in [-0.25, -0.2) is 0 Å². The van der Waals surface area contributed by atoms with Gasteiger partial charge in [0.25, 0.3) is 5.91 Å². The summed E-state index contributed by atoms with van der Waals surface area (Å²) in [6.45, 7) is 3.70. The first-order valence-electron chi connectivity index (χ1n) is 7.82. The van der Waals surface area contributed by atoms with Gasteiger partial charge in [0.15, 0.2) is 5.11 Å². The minimum absolute atomic E-state index is 0.0623. The van der Waals surface area contributed by atoms with Crippen molar-refractivity contribution in [3.8, 4) is 5.75 Å². The molecule has 2 aromatic carbocycles. The van der Waals surface area contributed by atoms with Crippen molar-refractivity contribution in [1.29, 1.82) is 0 Å². The first-order chi connectivity index (χ1) is 12.6. The number of amides is 1. The molecule has 0 aliphatic carbocycles. The third-order valence-electron chi connectivity index (χ3n) is 3.23. The Morgan fingerprint density at radius 3 is 2.52 bits per heavy atom. The molecule has 0 aromatic heterocycles. The van der Waals surface area contributed by atoms with Crippen LogP contribution in [0, 0.1) is 3.57 Å². The molecular weight excluding hydrogens is 492 g/mol. The molecule has 2 N–H and O–H groups in total. The summed E-state index contributed by atoms with van der Waals surface area (Å²) in [4.78, 5) is 12.3. The maximum absolute atomic E-state index is 13.2. The largest absolute Gasteiger partial charge is 0.491 e. The first kappa shape index (κ1) is 21.4. The van der Waals surface area contributed by atoms with Crippen molar-refractivity contribution in [3.63, 3.8) is 0 Å². The second kappa shape index (κ2) is 8.87. The quantitative estimate of drug-likeness (QED) is 0.439. The van der Waals surface area contributed by atoms with Crippen molar-refractivity contribution < 1.29 is 22.7 Å². The zero-order valence-electron chi connectivity index (χ0n) is 14.4. The fraction of sp³-hybridized carbons (Fsp3) is 0.222. The summed E-state index contributed by atoms with van der Waals surface area (Å²) in [7, 11) is 0. The van der Waals surface area contributed by atoms with E-state index in [0.29, 0.717) is 9.32 Å². The summed E-state index contributed by atoms with van der Waals surface area (Å²) in [6, 6.07) is 10.2. The Morgan fingerprint density at radius 1 is 1.19 bits per heavy atom. The van der Waals surface area contributed by atoms with E-state index in [1.165, 1.54) is 18.2 Å². The van der Waals surface area contributed by atoms with Crippen molar-refractivity contribution in [2.45, 2.75) is 26.1 Å². The molecule has 0 aliphatic heterocycles. The number of halogens is 4.